The van der Waals surface area contributed by atoms with Gasteiger partial charge in [0.1, 0.15) is 4.34 Å². The monoisotopic (exact) mass is 551 g/mol. The molecule has 1 N–H and O–H groups in total. The van der Waals surface area contributed by atoms with E-state index in [0.29, 0.717) is 34.4 Å². The number of rotatable bonds is 9. The number of benzene rings is 1. The number of carbonyl (C=O) groups is 3. The van der Waals surface area contributed by atoms with E-state index in [0.717, 1.165) is 21.6 Å². The van der Waals surface area contributed by atoms with Gasteiger partial charge >= 0.3 is 11.9 Å². The first-order valence-electron chi connectivity index (χ1n) is 11.6. The van der Waals surface area contributed by atoms with E-state index < -0.39 is 29.3 Å². The van der Waals surface area contributed by atoms with Crippen molar-refractivity contribution >= 4 is 58.5 Å². The van der Waals surface area contributed by atoms with E-state index in [1.807, 2.05) is 31.2 Å². The third kappa shape index (κ3) is 4.56. The summed E-state index contributed by atoms with van der Waals surface area (Å²) in [6.45, 7) is 2.40. The number of thiophene rings is 1. The van der Waals surface area contributed by atoms with Crippen LogP contribution >= 0.6 is 34.5 Å². The highest BCUT2D eigenvalue weighted by Gasteiger charge is 2.59. The molecule has 2 aliphatic rings. The molecular weight excluding hydrogens is 525 g/mol. The van der Waals surface area contributed by atoms with E-state index in [1.165, 1.54) is 25.6 Å². The highest BCUT2D eigenvalue weighted by Crippen LogP contribution is 2.49. The van der Waals surface area contributed by atoms with Crippen LogP contribution in [0.2, 0.25) is 9.36 Å². The predicted molar refractivity (Wildman–Crippen MR) is 138 cm³/mol. The number of hydrogen-bond donors (Lipinski definition) is 1. The number of ether oxygens (including phenoxy) is 3. The number of halogens is 2. The van der Waals surface area contributed by atoms with Gasteiger partial charge in [0, 0.05) is 42.0 Å². The molecule has 1 aromatic heterocycles. The van der Waals surface area contributed by atoms with Crippen LogP contribution in [-0.2, 0) is 41.4 Å². The molecule has 4 rings (SSSR count). The normalized spacial score (nSPS) is 18.3. The number of fused-ring (bicyclic) bond motifs is 2. The average molecular weight is 552 g/mol. The summed E-state index contributed by atoms with van der Waals surface area (Å²) in [5.74, 6) is -2.45. The van der Waals surface area contributed by atoms with Crippen molar-refractivity contribution in [2.75, 3.05) is 27.4 Å². The summed E-state index contributed by atoms with van der Waals surface area (Å²) in [5.41, 5.74) is 1.40. The lowest BCUT2D eigenvalue weighted by molar-refractivity contribution is -0.174. The first kappa shape index (κ1) is 26.7. The lowest BCUT2D eigenvalue weighted by Gasteiger charge is -2.37. The largest absolute Gasteiger partial charge is 0.468 e. The molecule has 0 saturated heterocycles. The molecule has 2 atom stereocenters. The van der Waals surface area contributed by atoms with Gasteiger partial charge < -0.3 is 19.5 Å². The fourth-order valence-electron chi connectivity index (χ4n) is 5.29. The van der Waals surface area contributed by atoms with Crippen LogP contribution in [0.25, 0.3) is 6.08 Å². The van der Waals surface area contributed by atoms with Crippen LogP contribution in [0.5, 0.6) is 0 Å². The summed E-state index contributed by atoms with van der Waals surface area (Å²) in [5, 5.41) is 3.56. The summed E-state index contributed by atoms with van der Waals surface area (Å²) < 4.78 is 16.4. The quantitative estimate of drug-likeness (QED) is 0.278. The van der Waals surface area contributed by atoms with Crippen LogP contribution in [0.4, 0.5) is 0 Å². The highest BCUT2D eigenvalue weighted by molar-refractivity contribution is 7.18. The summed E-state index contributed by atoms with van der Waals surface area (Å²) in [4.78, 5) is 41.0. The Bertz CT molecular complexity index is 1210. The molecule has 0 fully saturated rings. The van der Waals surface area contributed by atoms with Crippen molar-refractivity contribution in [3.05, 3.63) is 60.8 Å². The molecule has 0 radical (unpaired) electrons. The zero-order chi connectivity index (χ0) is 26.0. The summed E-state index contributed by atoms with van der Waals surface area (Å²) in [7, 11) is 2.48. The topological polar surface area (TPSA) is 90.9 Å². The lowest BCUT2D eigenvalue weighted by atomic mass is 9.68. The third-order valence-electron chi connectivity index (χ3n) is 6.92. The molecule has 1 amide bonds. The molecule has 2 aromatic rings. The lowest BCUT2D eigenvalue weighted by Crippen LogP contribution is -2.53. The van der Waals surface area contributed by atoms with Gasteiger partial charge in [-0.1, -0.05) is 47.5 Å². The SMILES string of the molecule is CCOCCC(C(=O)OC)(C(=O)OC)[C@@H]1c2ccccc2C[C@H]1NC(=O)C1=Cc2sc(Cl)c(Cl)c2C1. The highest BCUT2D eigenvalue weighted by atomic mass is 35.5. The minimum atomic E-state index is -1.71. The summed E-state index contributed by atoms with van der Waals surface area (Å²) >= 11 is 13.8. The van der Waals surface area contributed by atoms with Gasteiger partial charge in [0.05, 0.1) is 19.2 Å². The predicted octanol–water partition coefficient (Wildman–Crippen LogP) is 4.58. The zero-order valence-corrected chi connectivity index (χ0v) is 22.5. The van der Waals surface area contributed by atoms with Crippen LogP contribution < -0.4 is 5.32 Å². The van der Waals surface area contributed by atoms with Gasteiger partial charge in [0.25, 0.3) is 0 Å². The smallest absolute Gasteiger partial charge is 0.324 e. The average Bonchev–Trinajstić information content (AvgIpc) is 3.53. The van der Waals surface area contributed by atoms with Crippen molar-refractivity contribution in [1.29, 1.82) is 0 Å². The van der Waals surface area contributed by atoms with Crippen molar-refractivity contribution < 1.29 is 28.6 Å². The Morgan fingerprint density at radius 2 is 1.83 bits per heavy atom. The Morgan fingerprint density at radius 1 is 1.14 bits per heavy atom. The van der Waals surface area contributed by atoms with Crippen molar-refractivity contribution in [1.82, 2.24) is 5.32 Å². The maximum Gasteiger partial charge on any atom is 0.324 e. The van der Waals surface area contributed by atoms with Crippen LogP contribution in [0.1, 0.15) is 40.8 Å². The number of amides is 1. The first-order valence-corrected chi connectivity index (χ1v) is 13.2. The molecule has 1 aromatic carbocycles. The van der Waals surface area contributed by atoms with E-state index in [-0.39, 0.29) is 18.9 Å². The molecule has 10 heteroatoms. The second-order valence-corrected chi connectivity index (χ2v) is 10.8. The molecule has 7 nitrogen and oxygen atoms in total. The number of esters is 2. The number of carbonyl (C=O) groups excluding carboxylic acids is 3. The van der Waals surface area contributed by atoms with E-state index in [2.05, 4.69) is 5.32 Å². The first-order chi connectivity index (χ1) is 17.3. The fraction of sp³-hybridized carbons (Fsp3) is 0.423. The summed E-state index contributed by atoms with van der Waals surface area (Å²) in [6, 6.07) is 6.99. The Hall–Kier alpha value is -2.39. The van der Waals surface area contributed by atoms with Gasteiger partial charge in [-0.2, -0.15) is 0 Å². The molecule has 1 heterocycles. The molecule has 2 aliphatic carbocycles. The van der Waals surface area contributed by atoms with Crippen molar-refractivity contribution in [2.24, 2.45) is 5.41 Å². The van der Waals surface area contributed by atoms with Gasteiger partial charge in [-0.3, -0.25) is 14.4 Å². The van der Waals surface area contributed by atoms with E-state index in [1.54, 1.807) is 6.08 Å². The number of methoxy groups -OCH3 is 2. The van der Waals surface area contributed by atoms with Gasteiger partial charge in [0.2, 0.25) is 5.91 Å². The van der Waals surface area contributed by atoms with Crippen LogP contribution in [0.3, 0.4) is 0 Å². The fourth-order valence-corrected chi connectivity index (χ4v) is 6.90. The standard InChI is InChI=1S/C26H27Cl2NO6S/c1-4-35-10-9-26(24(31)33-2,25(32)34-3)20-16-8-6-5-7-14(16)12-18(20)29-23(30)15-11-17-19(13-15)36-22(28)21(17)27/h5-8,13,18,20H,4,9-12H2,1-3H3,(H,29,30)/t18-,20-/m1/s1. The molecule has 0 aliphatic heterocycles. The minimum absolute atomic E-state index is 0.0413. The summed E-state index contributed by atoms with van der Waals surface area (Å²) in [6.07, 6.45) is 2.63. The third-order valence-corrected chi connectivity index (χ3v) is 8.94. The number of nitrogens with one attached hydrogen (secondary N) is 1. The maximum atomic E-state index is 13.4. The second kappa shape index (κ2) is 10.9. The van der Waals surface area contributed by atoms with Crippen molar-refractivity contribution in [3.8, 4) is 0 Å². The Kier molecular flexibility index (Phi) is 8.09. The van der Waals surface area contributed by atoms with E-state index in [4.69, 9.17) is 37.4 Å². The zero-order valence-electron chi connectivity index (χ0n) is 20.2. The van der Waals surface area contributed by atoms with Crippen LogP contribution in [-0.4, -0.2) is 51.3 Å². The van der Waals surface area contributed by atoms with Gasteiger partial charge in [-0.25, -0.2) is 0 Å². The van der Waals surface area contributed by atoms with Gasteiger partial charge in [-0.05, 0) is 42.5 Å². The van der Waals surface area contributed by atoms with Crippen LogP contribution in [0, 0.1) is 5.41 Å². The minimum Gasteiger partial charge on any atom is -0.468 e. The molecule has 0 saturated carbocycles. The molecule has 192 valence electrons. The van der Waals surface area contributed by atoms with E-state index >= 15 is 0 Å². The molecule has 0 unspecified atom stereocenters. The maximum absolute atomic E-state index is 13.4. The molecular formula is C26H27Cl2NO6S. The Labute approximate surface area is 223 Å². The van der Waals surface area contributed by atoms with Crippen LogP contribution in [0.15, 0.2) is 29.8 Å². The number of hydrogen-bond acceptors (Lipinski definition) is 7. The van der Waals surface area contributed by atoms with E-state index in [9.17, 15) is 14.4 Å². The Morgan fingerprint density at radius 3 is 2.47 bits per heavy atom. The Balaban J connectivity index is 1.72. The molecule has 36 heavy (non-hydrogen) atoms. The molecule has 0 spiro atoms. The van der Waals surface area contributed by atoms with Gasteiger partial charge in [-0.15, -0.1) is 11.3 Å². The van der Waals surface area contributed by atoms with Gasteiger partial charge in [0.15, 0.2) is 5.41 Å². The van der Waals surface area contributed by atoms with Crippen molar-refractivity contribution in [2.45, 2.75) is 38.1 Å². The second-order valence-electron chi connectivity index (χ2n) is 8.74. The molecule has 0 bridgehead atoms. The van der Waals surface area contributed by atoms with Crippen molar-refractivity contribution in [3.63, 3.8) is 0 Å².